The van der Waals surface area contributed by atoms with Crippen LogP contribution in [0.5, 0.6) is 11.5 Å². The van der Waals surface area contributed by atoms with Crippen LogP contribution in [0.15, 0.2) is 51.4 Å². The lowest BCUT2D eigenvalue weighted by Crippen LogP contribution is -2.15. The number of ether oxygens (including phenoxy) is 3. The van der Waals surface area contributed by atoms with Gasteiger partial charge < -0.3 is 23.2 Å². The van der Waals surface area contributed by atoms with E-state index in [4.69, 9.17) is 23.2 Å². The average molecular weight is 421 g/mol. The first-order valence-electron chi connectivity index (χ1n) is 10.3. The van der Waals surface area contributed by atoms with Crippen molar-refractivity contribution in [3.05, 3.63) is 48.2 Å². The van der Waals surface area contributed by atoms with Crippen LogP contribution >= 0.6 is 0 Å². The largest absolute Gasteiger partial charge is 0.490 e. The maximum absolute atomic E-state index is 5.87. The van der Waals surface area contributed by atoms with Gasteiger partial charge >= 0.3 is 0 Å². The summed E-state index contributed by atoms with van der Waals surface area (Å²) in [6, 6.07) is 13.4. The molecular formula is C23H23N3O5. The highest BCUT2D eigenvalue weighted by atomic mass is 16.6. The van der Waals surface area contributed by atoms with Crippen molar-refractivity contribution in [2.24, 2.45) is 0 Å². The lowest BCUT2D eigenvalue weighted by molar-refractivity contribution is 0.288. The highest BCUT2D eigenvalue weighted by Gasteiger charge is 2.22. The Morgan fingerprint density at radius 1 is 1.00 bits per heavy atom. The minimum absolute atomic E-state index is 0.146. The average Bonchev–Trinajstić information content (AvgIpc) is 3.31. The summed E-state index contributed by atoms with van der Waals surface area (Å²) in [5.74, 6) is 3.13. The van der Waals surface area contributed by atoms with E-state index in [-0.39, 0.29) is 6.23 Å². The van der Waals surface area contributed by atoms with E-state index in [0.717, 1.165) is 34.5 Å². The van der Waals surface area contributed by atoms with E-state index in [2.05, 4.69) is 15.5 Å². The topological polar surface area (TPSA) is 95.1 Å². The third kappa shape index (κ3) is 4.26. The van der Waals surface area contributed by atoms with E-state index in [0.29, 0.717) is 43.0 Å². The first kappa shape index (κ1) is 19.6. The number of furan rings is 1. The molecule has 1 saturated heterocycles. The molecule has 0 spiro atoms. The van der Waals surface area contributed by atoms with Crippen LogP contribution < -0.4 is 14.8 Å². The van der Waals surface area contributed by atoms with E-state index in [1.165, 1.54) is 0 Å². The van der Waals surface area contributed by atoms with Gasteiger partial charge in [0.2, 0.25) is 5.82 Å². The summed E-state index contributed by atoms with van der Waals surface area (Å²) in [7, 11) is 0. The molecule has 0 radical (unpaired) electrons. The Morgan fingerprint density at radius 3 is 2.61 bits per heavy atom. The molecule has 8 heteroatoms. The molecule has 0 bridgehead atoms. The van der Waals surface area contributed by atoms with E-state index in [9.17, 15) is 0 Å². The van der Waals surface area contributed by atoms with Crippen molar-refractivity contribution in [1.82, 2.24) is 15.5 Å². The normalized spacial score (nSPS) is 15.4. The summed E-state index contributed by atoms with van der Waals surface area (Å²) in [5.41, 5.74) is 2.43. The van der Waals surface area contributed by atoms with Gasteiger partial charge in [0.15, 0.2) is 11.5 Å². The van der Waals surface area contributed by atoms with Crippen LogP contribution in [0.2, 0.25) is 0 Å². The quantitative estimate of drug-likeness (QED) is 0.398. The van der Waals surface area contributed by atoms with Crippen molar-refractivity contribution in [3.8, 4) is 34.3 Å². The molecule has 1 aliphatic rings. The monoisotopic (exact) mass is 421 g/mol. The van der Waals surface area contributed by atoms with Crippen LogP contribution in [0.1, 0.15) is 19.6 Å². The Bertz CT molecular complexity index is 1200. The van der Waals surface area contributed by atoms with Crippen molar-refractivity contribution >= 4 is 11.0 Å². The molecule has 1 aliphatic heterocycles. The SMILES string of the molecule is CCOc1ccc(-c2nc(-c3ccc4oc(CNC5CO5)cc4c3)no2)cc1OCC. The highest BCUT2D eigenvalue weighted by Crippen LogP contribution is 2.33. The van der Waals surface area contributed by atoms with Gasteiger partial charge in [-0.25, -0.2) is 0 Å². The molecule has 1 unspecified atom stereocenters. The lowest BCUT2D eigenvalue weighted by atomic mass is 10.1. The maximum Gasteiger partial charge on any atom is 0.258 e. The second kappa shape index (κ2) is 8.41. The molecule has 2 aromatic carbocycles. The van der Waals surface area contributed by atoms with Crippen LogP contribution in [-0.4, -0.2) is 36.2 Å². The molecular weight excluding hydrogens is 398 g/mol. The minimum atomic E-state index is 0.146. The summed E-state index contributed by atoms with van der Waals surface area (Å²) in [6.07, 6.45) is 0.146. The van der Waals surface area contributed by atoms with Crippen molar-refractivity contribution in [3.63, 3.8) is 0 Å². The minimum Gasteiger partial charge on any atom is -0.490 e. The molecule has 2 aromatic heterocycles. The zero-order valence-corrected chi connectivity index (χ0v) is 17.4. The molecule has 4 aromatic rings. The highest BCUT2D eigenvalue weighted by molar-refractivity contribution is 5.83. The second-order valence-corrected chi connectivity index (χ2v) is 7.12. The molecule has 160 valence electrons. The second-order valence-electron chi connectivity index (χ2n) is 7.12. The Morgan fingerprint density at radius 2 is 1.81 bits per heavy atom. The van der Waals surface area contributed by atoms with Gasteiger partial charge in [-0.1, -0.05) is 5.16 Å². The van der Waals surface area contributed by atoms with Gasteiger partial charge in [0, 0.05) is 16.5 Å². The van der Waals surface area contributed by atoms with Gasteiger partial charge in [0.05, 0.1) is 26.4 Å². The van der Waals surface area contributed by atoms with E-state index >= 15 is 0 Å². The molecule has 8 nitrogen and oxygen atoms in total. The Labute approximate surface area is 179 Å². The van der Waals surface area contributed by atoms with Crippen LogP contribution in [0, 0.1) is 0 Å². The number of epoxide rings is 1. The third-order valence-corrected chi connectivity index (χ3v) is 4.88. The third-order valence-electron chi connectivity index (χ3n) is 4.88. The summed E-state index contributed by atoms with van der Waals surface area (Å²) >= 11 is 0. The fourth-order valence-electron chi connectivity index (χ4n) is 3.35. The van der Waals surface area contributed by atoms with Crippen molar-refractivity contribution in [1.29, 1.82) is 0 Å². The summed E-state index contributed by atoms with van der Waals surface area (Å²) < 4.78 is 27.9. The molecule has 0 amide bonds. The standard InChI is InChI=1S/C23H23N3O5/c1-3-27-19-8-6-15(11-20(19)28-4-2)23-25-22(26-31-23)14-5-7-18-16(9-14)10-17(30-18)12-24-21-13-29-21/h5-11,21,24H,3-4,12-13H2,1-2H3. The molecule has 0 aliphatic carbocycles. The van der Waals surface area contributed by atoms with Crippen LogP contribution in [-0.2, 0) is 11.3 Å². The molecule has 5 rings (SSSR count). The number of fused-ring (bicyclic) bond motifs is 1. The number of nitrogens with one attached hydrogen (secondary N) is 1. The fraction of sp³-hybridized carbons (Fsp3) is 0.304. The number of nitrogens with zero attached hydrogens (tertiary/aromatic N) is 2. The van der Waals surface area contributed by atoms with E-state index in [1.807, 2.05) is 56.3 Å². The van der Waals surface area contributed by atoms with E-state index < -0.39 is 0 Å². The number of rotatable bonds is 9. The molecule has 0 saturated carbocycles. The van der Waals surface area contributed by atoms with Crippen LogP contribution in [0.4, 0.5) is 0 Å². The van der Waals surface area contributed by atoms with Crippen LogP contribution in [0.3, 0.4) is 0 Å². The first-order valence-corrected chi connectivity index (χ1v) is 10.3. The van der Waals surface area contributed by atoms with Crippen molar-refractivity contribution in [2.75, 3.05) is 19.8 Å². The van der Waals surface area contributed by atoms with Gasteiger partial charge in [0.25, 0.3) is 5.89 Å². The summed E-state index contributed by atoms with van der Waals surface area (Å²) in [6.45, 7) is 6.35. The first-order chi connectivity index (χ1) is 15.2. The number of hydrogen-bond donors (Lipinski definition) is 1. The van der Waals surface area contributed by atoms with Crippen molar-refractivity contribution in [2.45, 2.75) is 26.6 Å². The van der Waals surface area contributed by atoms with Crippen molar-refractivity contribution < 1.29 is 23.2 Å². The van der Waals surface area contributed by atoms with Gasteiger partial charge in [-0.05, 0) is 56.3 Å². The van der Waals surface area contributed by atoms with Gasteiger partial charge in [-0.2, -0.15) is 4.98 Å². The van der Waals surface area contributed by atoms with Crippen LogP contribution in [0.25, 0.3) is 33.8 Å². The smallest absolute Gasteiger partial charge is 0.258 e. The molecule has 31 heavy (non-hydrogen) atoms. The zero-order chi connectivity index (χ0) is 21.2. The summed E-state index contributed by atoms with van der Waals surface area (Å²) in [4.78, 5) is 4.58. The maximum atomic E-state index is 5.87. The Kier molecular flexibility index (Phi) is 5.31. The number of aromatic nitrogens is 2. The number of benzene rings is 2. The fourth-order valence-corrected chi connectivity index (χ4v) is 3.35. The molecule has 1 N–H and O–H groups in total. The molecule has 1 fully saturated rings. The Balaban J connectivity index is 1.39. The Hall–Kier alpha value is -3.36. The predicted molar refractivity (Wildman–Crippen MR) is 114 cm³/mol. The molecule has 1 atom stereocenters. The molecule has 3 heterocycles. The summed E-state index contributed by atoms with van der Waals surface area (Å²) in [5, 5.41) is 8.40. The van der Waals surface area contributed by atoms with E-state index in [1.54, 1.807) is 0 Å². The van der Waals surface area contributed by atoms with Gasteiger partial charge in [-0.3, -0.25) is 5.32 Å². The predicted octanol–water partition coefficient (Wildman–Crippen LogP) is 4.39. The zero-order valence-electron chi connectivity index (χ0n) is 17.4. The van der Waals surface area contributed by atoms with Gasteiger partial charge in [0.1, 0.15) is 17.6 Å². The number of hydrogen-bond acceptors (Lipinski definition) is 8. The van der Waals surface area contributed by atoms with Gasteiger partial charge in [-0.15, -0.1) is 0 Å². The lowest BCUT2D eigenvalue weighted by Gasteiger charge is -2.11.